The van der Waals surface area contributed by atoms with Gasteiger partial charge in [-0.1, -0.05) is 0 Å². The first-order chi connectivity index (χ1) is 5.71. The van der Waals surface area contributed by atoms with E-state index in [0.29, 0.717) is 0 Å². The number of nitrogens with zero attached hydrogens (tertiary/aromatic N) is 1. The standard InChI is InChI=1S/C7H10F3N3.ClH/c1-6(2,11)4-3-12-5(13-4)7(8,9)10;/h3H,11H2,1-2H3,(H,12,13);1H. The Hall–Kier alpha value is -0.750. The van der Waals surface area contributed by atoms with Gasteiger partial charge in [0.05, 0.1) is 17.4 Å². The van der Waals surface area contributed by atoms with Crippen LogP contribution < -0.4 is 5.73 Å². The van der Waals surface area contributed by atoms with Gasteiger partial charge >= 0.3 is 6.18 Å². The quantitative estimate of drug-likeness (QED) is 0.774. The van der Waals surface area contributed by atoms with Gasteiger partial charge in [-0.2, -0.15) is 13.2 Å². The Morgan fingerprint density at radius 2 is 1.86 bits per heavy atom. The lowest BCUT2D eigenvalue weighted by Gasteiger charge is -2.15. The van der Waals surface area contributed by atoms with Crippen molar-refractivity contribution in [1.82, 2.24) is 9.97 Å². The lowest BCUT2D eigenvalue weighted by Crippen LogP contribution is -2.29. The number of nitrogens with two attached hydrogens (primary N) is 1. The SMILES string of the molecule is CC(C)(N)c1cnc(C(F)(F)F)[nH]1.Cl. The lowest BCUT2D eigenvalue weighted by atomic mass is 10.0. The van der Waals surface area contributed by atoms with Crippen LogP contribution in [0.4, 0.5) is 13.2 Å². The summed E-state index contributed by atoms with van der Waals surface area (Å²) in [5, 5.41) is 0. The highest BCUT2D eigenvalue weighted by Gasteiger charge is 2.35. The molecule has 0 spiro atoms. The van der Waals surface area contributed by atoms with Crippen LogP contribution in [0, 0.1) is 0 Å². The van der Waals surface area contributed by atoms with Crippen LogP contribution in [0.1, 0.15) is 25.4 Å². The van der Waals surface area contributed by atoms with Crippen LogP contribution in [0.3, 0.4) is 0 Å². The summed E-state index contributed by atoms with van der Waals surface area (Å²) in [6.07, 6.45) is -3.34. The molecule has 0 aliphatic carbocycles. The second kappa shape index (κ2) is 3.78. The molecule has 0 aromatic carbocycles. The van der Waals surface area contributed by atoms with Crippen molar-refractivity contribution in [3.8, 4) is 0 Å². The summed E-state index contributed by atoms with van der Waals surface area (Å²) in [5.74, 6) is -1.01. The molecule has 7 heteroatoms. The number of hydrogen-bond acceptors (Lipinski definition) is 2. The molecule has 82 valence electrons. The molecule has 0 bridgehead atoms. The summed E-state index contributed by atoms with van der Waals surface area (Å²) < 4.78 is 36.2. The zero-order valence-corrected chi connectivity index (χ0v) is 8.46. The van der Waals surface area contributed by atoms with E-state index >= 15 is 0 Å². The summed E-state index contributed by atoms with van der Waals surface area (Å²) >= 11 is 0. The van der Waals surface area contributed by atoms with Crippen LogP contribution >= 0.6 is 12.4 Å². The third-order valence-corrected chi connectivity index (χ3v) is 1.54. The number of H-pyrrole nitrogens is 1. The fraction of sp³-hybridized carbons (Fsp3) is 0.571. The Balaban J connectivity index is 0.00000169. The fourth-order valence-electron chi connectivity index (χ4n) is 0.793. The predicted molar refractivity (Wildman–Crippen MR) is 48.1 cm³/mol. The molecule has 0 saturated heterocycles. The highest BCUT2D eigenvalue weighted by atomic mass is 35.5. The first-order valence-corrected chi connectivity index (χ1v) is 3.63. The number of nitrogens with one attached hydrogen (secondary N) is 1. The van der Waals surface area contributed by atoms with Gasteiger partial charge < -0.3 is 10.7 Å². The molecule has 0 aliphatic rings. The van der Waals surface area contributed by atoms with Crippen molar-refractivity contribution in [2.45, 2.75) is 25.6 Å². The van der Waals surface area contributed by atoms with Crippen molar-refractivity contribution >= 4 is 12.4 Å². The number of rotatable bonds is 1. The lowest BCUT2D eigenvalue weighted by molar-refractivity contribution is -0.144. The van der Waals surface area contributed by atoms with E-state index in [4.69, 9.17) is 5.73 Å². The number of halogens is 4. The molecule has 0 fully saturated rings. The van der Waals surface area contributed by atoms with Crippen molar-refractivity contribution in [2.75, 3.05) is 0 Å². The predicted octanol–water partition coefficient (Wildman–Crippen LogP) is 2.04. The first kappa shape index (κ1) is 13.2. The van der Waals surface area contributed by atoms with Crippen LogP contribution in [-0.4, -0.2) is 9.97 Å². The third-order valence-electron chi connectivity index (χ3n) is 1.54. The van der Waals surface area contributed by atoms with E-state index < -0.39 is 17.5 Å². The maximum Gasteiger partial charge on any atom is 0.449 e. The second-order valence-corrected chi connectivity index (χ2v) is 3.36. The monoisotopic (exact) mass is 229 g/mol. The van der Waals surface area contributed by atoms with E-state index in [-0.39, 0.29) is 18.1 Å². The molecule has 0 unspecified atom stereocenters. The average Bonchev–Trinajstić information content (AvgIpc) is 2.28. The zero-order valence-electron chi connectivity index (χ0n) is 7.64. The van der Waals surface area contributed by atoms with E-state index in [2.05, 4.69) is 9.97 Å². The Morgan fingerprint density at radius 3 is 2.07 bits per heavy atom. The van der Waals surface area contributed by atoms with Crippen LogP contribution in [0.2, 0.25) is 0 Å². The van der Waals surface area contributed by atoms with Gasteiger partial charge in [-0.15, -0.1) is 12.4 Å². The second-order valence-electron chi connectivity index (χ2n) is 3.36. The van der Waals surface area contributed by atoms with Gasteiger partial charge in [-0.25, -0.2) is 4.98 Å². The number of hydrogen-bond donors (Lipinski definition) is 2. The van der Waals surface area contributed by atoms with E-state index in [0.717, 1.165) is 6.20 Å². The van der Waals surface area contributed by atoms with Crippen molar-refractivity contribution in [3.63, 3.8) is 0 Å². The van der Waals surface area contributed by atoms with Gasteiger partial charge in [-0.3, -0.25) is 0 Å². The summed E-state index contributed by atoms with van der Waals surface area (Å²) in [6, 6.07) is 0. The van der Waals surface area contributed by atoms with E-state index in [9.17, 15) is 13.2 Å². The Morgan fingerprint density at radius 1 is 1.36 bits per heavy atom. The third kappa shape index (κ3) is 2.88. The molecule has 0 atom stereocenters. The molecule has 1 aromatic rings. The summed E-state index contributed by atoms with van der Waals surface area (Å²) in [4.78, 5) is 5.33. The Labute approximate surface area is 85.3 Å². The molecule has 1 rings (SSSR count). The molecule has 0 radical (unpaired) electrons. The minimum absolute atomic E-state index is 0. The van der Waals surface area contributed by atoms with Crippen LogP contribution in [0.15, 0.2) is 6.20 Å². The van der Waals surface area contributed by atoms with E-state index in [1.54, 1.807) is 13.8 Å². The molecule has 0 saturated carbocycles. The largest absolute Gasteiger partial charge is 0.449 e. The molecule has 3 N–H and O–H groups in total. The Kier molecular flexibility index (Phi) is 3.58. The smallest absolute Gasteiger partial charge is 0.337 e. The number of aromatic nitrogens is 2. The number of aromatic amines is 1. The maximum absolute atomic E-state index is 12.1. The maximum atomic E-state index is 12.1. The van der Waals surface area contributed by atoms with Gasteiger partial charge in [-0.05, 0) is 13.8 Å². The molecule has 1 heterocycles. The molecule has 1 aromatic heterocycles. The van der Waals surface area contributed by atoms with Crippen molar-refractivity contribution in [3.05, 3.63) is 17.7 Å². The topological polar surface area (TPSA) is 54.7 Å². The van der Waals surface area contributed by atoms with Crippen molar-refractivity contribution in [2.24, 2.45) is 5.73 Å². The fourth-order valence-corrected chi connectivity index (χ4v) is 0.793. The zero-order chi connectivity index (χ0) is 10.3. The normalized spacial score (nSPS) is 12.4. The average molecular weight is 230 g/mol. The highest BCUT2D eigenvalue weighted by molar-refractivity contribution is 5.85. The number of alkyl halides is 3. The highest BCUT2D eigenvalue weighted by Crippen LogP contribution is 2.27. The van der Waals surface area contributed by atoms with Crippen LogP contribution in [-0.2, 0) is 11.7 Å². The minimum atomic E-state index is -4.44. The summed E-state index contributed by atoms with van der Waals surface area (Å²) in [7, 11) is 0. The summed E-state index contributed by atoms with van der Waals surface area (Å²) in [6.45, 7) is 3.20. The van der Waals surface area contributed by atoms with Crippen LogP contribution in [0.5, 0.6) is 0 Å². The van der Waals surface area contributed by atoms with Gasteiger partial charge in [0.25, 0.3) is 0 Å². The molecular weight excluding hydrogens is 219 g/mol. The first-order valence-electron chi connectivity index (χ1n) is 3.63. The molecule has 3 nitrogen and oxygen atoms in total. The molecule has 0 aliphatic heterocycles. The molecule has 0 amide bonds. The van der Waals surface area contributed by atoms with E-state index in [1.807, 2.05) is 0 Å². The Bertz CT molecular complexity index is 271. The van der Waals surface area contributed by atoms with Gasteiger partial charge in [0.1, 0.15) is 0 Å². The van der Waals surface area contributed by atoms with Gasteiger partial charge in [0.2, 0.25) is 5.82 Å². The molecular formula is C7H11ClF3N3. The van der Waals surface area contributed by atoms with Crippen molar-refractivity contribution < 1.29 is 13.2 Å². The van der Waals surface area contributed by atoms with Crippen LogP contribution in [0.25, 0.3) is 0 Å². The van der Waals surface area contributed by atoms with Gasteiger partial charge in [0.15, 0.2) is 0 Å². The minimum Gasteiger partial charge on any atom is -0.337 e. The van der Waals surface area contributed by atoms with Gasteiger partial charge in [0, 0.05) is 0 Å². The van der Waals surface area contributed by atoms with Crippen molar-refractivity contribution in [1.29, 1.82) is 0 Å². The molecule has 14 heavy (non-hydrogen) atoms. The summed E-state index contributed by atoms with van der Waals surface area (Å²) in [5.41, 5.74) is 5.00. The van der Waals surface area contributed by atoms with E-state index in [1.165, 1.54) is 0 Å². The number of imidazole rings is 1.